The molecule has 19 heavy (non-hydrogen) atoms. The molecule has 0 atom stereocenters. The molecule has 2 rings (SSSR count). The third kappa shape index (κ3) is 2.51. The predicted molar refractivity (Wildman–Crippen MR) is 79.3 cm³/mol. The Morgan fingerprint density at radius 3 is 2.16 bits per heavy atom. The number of nitrogens with zero attached hydrogens (tertiary/aromatic N) is 1. The highest BCUT2D eigenvalue weighted by molar-refractivity contribution is 5.79. The van der Waals surface area contributed by atoms with Crippen LogP contribution in [-0.4, -0.2) is 4.98 Å². The Kier molecular flexibility index (Phi) is 2.97. The SMILES string of the molecule is C#Cc1nc2cc(C(C)(C)C)cc(C(C)(C)C)c2o1. The molecule has 0 aliphatic heterocycles. The maximum Gasteiger partial charge on any atom is 0.274 e. The zero-order valence-corrected chi connectivity index (χ0v) is 12.6. The smallest absolute Gasteiger partial charge is 0.274 e. The van der Waals surface area contributed by atoms with Crippen LogP contribution < -0.4 is 0 Å². The summed E-state index contributed by atoms with van der Waals surface area (Å²) < 4.78 is 5.70. The first-order chi connectivity index (χ1) is 8.63. The van der Waals surface area contributed by atoms with Gasteiger partial charge in [-0.3, -0.25) is 0 Å². The highest BCUT2D eigenvalue weighted by atomic mass is 16.3. The molecule has 1 heterocycles. The minimum atomic E-state index is -0.00902. The van der Waals surface area contributed by atoms with E-state index in [0.717, 1.165) is 16.7 Å². The fourth-order valence-corrected chi connectivity index (χ4v) is 2.08. The van der Waals surface area contributed by atoms with E-state index in [4.69, 9.17) is 10.8 Å². The summed E-state index contributed by atoms with van der Waals surface area (Å²) in [4.78, 5) is 4.38. The van der Waals surface area contributed by atoms with Crippen LogP contribution in [-0.2, 0) is 10.8 Å². The standard InChI is InChI=1S/C17H21NO/c1-8-14-18-13-10-11(16(2,3)4)9-12(15(13)19-14)17(5,6)7/h1,9-10H,2-7H3. The number of fused-ring (bicyclic) bond motifs is 1. The lowest BCUT2D eigenvalue weighted by Crippen LogP contribution is -2.16. The summed E-state index contributed by atoms with van der Waals surface area (Å²) in [5.41, 5.74) is 4.14. The Morgan fingerprint density at radius 2 is 1.68 bits per heavy atom. The minimum absolute atomic E-state index is 0.00902. The summed E-state index contributed by atoms with van der Waals surface area (Å²) >= 11 is 0. The Labute approximate surface area is 115 Å². The molecule has 100 valence electrons. The molecule has 0 unspecified atom stereocenters. The first-order valence-corrected chi connectivity index (χ1v) is 6.55. The van der Waals surface area contributed by atoms with E-state index >= 15 is 0 Å². The van der Waals surface area contributed by atoms with Gasteiger partial charge in [-0.1, -0.05) is 47.6 Å². The van der Waals surface area contributed by atoms with Gasteiger partial charge in [-0.25, -0.2) is 4.98 Å². The maximum atomic E-state index is 5.70. The van der Waals surface area contributed by atoms with E-state index in [9.17, 15) is 0 Å². The Balaban J connectivity index is 2.83. The van der Waals surface area contributed by atoms with Gasteiger partial charge in [0.25, 0.3) is 5.89 Å². The van der Waals surface area contributed by atoms with Gasteiger partial charge in [-0.2, -0.15) is 0 Å². The van der Waals surface area contributed by atoms with E-state index in [1.54, 1.807) is 0 Å². The van der Waals surface area contributed by atoms with Crippen LogP contribution in [0.25, 0.3) is 11.1 Å². The number of rotatable bonds is 0. The van der Waals surface area contributed by atoms with E-state index < -0.39 is 0 Å². The summed E-state index contributed by atoms with van der Waals surface area (Å²) in [7, 11) is 0. The number of hydrogen-bond donors (Lipinski definition) is 0. The second-order valence-electron chi connectivity index (χ2n) is 7.04. The molecule has 2 nitrogen and oxygen atoms in total. The zero-order valence-electron chi connectivity index (χ0n) is 12.6. The normalized spacial score (nSPS) is 12.7. The van der Waals surface area contributed by atoms with Crippen LogP contribution in [0.1, 0.15) is 58.6 Å². The van der Waals surface area contributed by atoms with Gasteiger partial charge < -0.3 is 4.42 Å². The number of hydrogen-bond acceptors (Lipinski definition) is 2. The molecule has 0 saturated carbocycles. The molecule has 0 fully saturated rings. The van der Waals surface area contributed by atoms with Crippen LogP contribution in [0, 0.1) is 12.3 Å². The zero-order chi connectivity index (χ0) is 14.4. The number of oxazole rings is 1. The van der Waals surface area contributed by atoms with E-state index in [-0.39, 0.29) is 10.8 Å². The average molecular weight is 255 g/mol. The van der Waals surface area contributed by atoms with Crippen molar-refractivity contribution < 1.29 is 4.42 Å². The molecule has 1 aromatic carbocycles. The lowest BCUT2D eigenvalue weighted by molar-refractivity contribution is 0.541. The lowest BCUT2D eigenvalue weighted by atomic mass is 9.80. The topological polar surface area (TPSA) is 26.0 Å². The first kappa shape index (κ1) is 13.7. The third-order valence-electron chi connectivity index (χ3n) is 3.29. The minimum Gasteiger partial charge on any atom is -0.430 e. The van der Waals surface area contributed by atoms with Crippen molar-refractivity contribution in [2.45, 2.75) is 52.4 Å². The maximum absolute atomic E-state index is 5.70. The van der Waals surface area contributed by atoms with Gasteiger partial charge in [-0.05, 0) is 28.4 Å². The second-order valence-corrected chi connectivity index (χ2v) is 7.04. The molecular weight excluding hydrogens is 234 g/mol. The molecule has 2 aromatic rings. The van der Waals surface area contributed by atoms with Crippen molar-refractivity contribution in [1.29, 1.82) is 0 Å². The first-order valence-electron chi connectivity index (χ1n) is 6.55. The van der Waals surface area contributed by atoms with E-state index in [1.165, 1.54) is 5.56 Å². The molecule has 0 radical (unpaired) electrons. The van der Waals surface area contributed by atoms with Gasteiger partial charge >= 0.3 is 0 Å². The largest absolute Gasteiger partial charge is 0.430 e. The Morgan fingerprint density at radius 1 is 1.05 bits per heavy atom. The number of terminal acetylenes is 1. The van der Waals surface area contributed by atoms with Crippen molar-refractivity contribution in [3.05, 3.63) is 29.2 Å². The highest BCUT2D eigenvalue weighted by Crippen LogP contribution is 2.35. The predicted octanol–water partition coefficient (Wildman–Crippen LogP) is 4.40. The molecule has 0 aliphatic carbocycles. The number of aromatic nitrogens is 1. The van der Waals surface area contributed by atoms with Crippen molar-refractivity contribution in [2.24, 2.45) is 0 Å². The van der Waals surface area contributed by atoms with Gasteiger partial charge in [-0.15, -0.1) is 6.42 Å². The monoisotopic (exact) mass is 255 g/mol. The van der Waals surface area contributed by atoms with E-state index in [2.05, 4.69) is 64.6 Å². The third-order valence-corrected chi connectivity index (χ3v) is 3.29. The molecule has 2 heteroatoms. The second kappa shape index (κ2) is 4.13. The van der Waals surface area contributed by atoms with Gasteiger partial charge in [0.05, 0.1) is 0 Å². The Bertz CT molecular complexity index is 657. The van der Waals surface area contributed by atoms with Gasteiger partial charge in [0, 0.05) is 5.56 Å². The van der Waals surface area contributed by atoms with Crippen LogP contribution in [0.2, 0.25) is 0 Å². The van der Waals surface area contributed by atoms with Crippen LogP contribution in [0.5, 0.6) is 0 Å². The summed E-state index contributed by atoms with van der Waals surface area (Å²) in [5.74, 6) is 2.83. The van der Waals surface area contributed by atoms with Crippen molar-refractivity contribution in [2.75, 3.05) is 0 Å². The fraction of sp³-hybridized carbons (Fsp3) is 0.471. The van der Waals surface area contributed by atoms with Gasteiger partial charge in [0.1, 0.15) is 5.52 Å². The van der Waals surface area contributed by atoms with Gasteiger partial charge in [0.15, 0.2) is 5.58 Å². The van der Waals surface area contributed by atoms with Crippen LogP contribution >= 0.6 is 0 Å². The Hall–Kier alpha value is -1.75. The van der Waals surface area contributed by atoms with Crippen LogP contribution in [0.4, 0.5) is 0 Å². The quantitative estimate of drug-likeness (QED) is 0.652. The molecule has 1 aromatic heterocycles. The number of benzene rings is 1. The highest BCUT2D eigenvalue weighted by Gasteiger charge is 2.24. The molecular formula is C17H21NO. The molecule has 0 aliphatic rings. The summed E-state index contributed by atoms with van der Waals surface area (Å²) in [6.45, 7) is 13.1. The summed E-state index contributed by atoms with van der Waals surface area (Å²) in [6.07, 6.45) is 5.39. The van der Waals surface area contributed by atoms with Crippen molar-refractivity contribution in [1.82, 2.24) is 4.98 Å². The summed E-state index contributed by atoms with van der Waals surface area (Å²) in [5, 5.41) is 0. The van der Waals surface area contributed by atoms with Gasteiger partial charge in [0.2, 0.25) is 0 Å². The molecule has 0 spiro atoms. The van der Waals surface area contributed by atoms with E-state index in [0.29, 0.717) is 5.89 Å². The molecule has 0 N–H and O–H groups in total. The average Bonchev–Trinajstić information content (AvgIpc) is 2.67. The summed E-state index contributed by atoms with van der Waals surface area (Å²) in [6, 6.07) is 4.29. The molecule has 0 amide bonds. The van der Waals surface area contributed by atoms with Crippen molar-refractivity contribution >= 4 is 11.1 Å². The lowest BCUT2D eigenvalue weighted by Gasteiger charge is -2.24. The van der Waals surface area contributed by atoms with Crippen LogP contribution in [0.15, 0.2) is 16.5 Å². The van der Waals surface area contributed by atoms with E-state index in [1.807, 2.05) is 0 Å². The van der Waals surface area contributed by atoms with Crippen molar-refractivity contribution in [3.63, 3.8) is 0 Å². The molecule has 0 saturated heterocycles. The van der Waals surface area contributed by atoms with Crippen LogP contribution in [0.3, 0.4) is 0 Å². The fourth-order valence-electron chi connectivity index (χ4n) is 2.08. The van der Waals surface area contributed by atoms with Crippen molar-refractivity contribution in [3.8, 4) is 12.3 Å². The molecule has 0 bridgehead atoms.